The summed E-state index contributed by atoms with van der Waals surface area (Å²) in [6, 6.07) is 0.767. The molecule has 0 amide bonds. The van der Waals surface area contributed by atoms with E-state index in [0.29, 0.717) is 10.2 Å². The third-order valence-electron chi connectivity index (χ3n) is 3.78. The molecule has 1 unspecified atom stereocenters. The molecule has 2 fully saturated rings. The van der Waals surface area contributed by atoms with E-state index >= 15 is 0 Å². The summed E-state index contributed by atoms with van der Waals surface area (Å²) < 4.78 is 4.05. The number of nitrogens with one attached hydrogen (secondary N) is 2. The highest BCUT2D eigenvalue weighted by Crippen LogP contribution is 2.49. The van der Waals surface area contributed by atoms with Crippen LogP contribution in [0.4, 0.5) is 0 Å². The van der Waals surface area contributed by atoms with Gasteiger partial charge in [-0.3, -0.25) is 4.72 Å². The van der Waals surface area contributed by atoms with Gasteiger partial charge in [0, 0.05) is 10.8 Å². The molecule has 1 spiro atoms. The Balaban J connectivity index is 1.83. The molecule has 2 nitrogen and oxygen atoms in total. The quantitative estimate of drug-likeness (QED) is 0.710. The molecule has 0 bridgehead atoms. The van der Waals surface area contributed by atoms with E-state index in [0.717, 1.165) is 6.04 Å². The molecule has 1 aliphatic carbocycles. The van der Waals surface area contributed by atoms with E-state index in [1.165, 1.54) is 38.8 Å². The van der Waals surface area contributed by atoms with Crippen LogP contribution in [0.15, 0.2) is 0 Å². The number of hydrogen-bond donors (Lipinski definition) is 2. The molecule has 1 saturated carbocycles. The lowest BCUT2D eigenvalue weighted by Gasteiger charge is -2.52. The first-order chi connectivity index (χ1) is 7.02. The minimum absolute atomic E-state index is 0.337. The molecule has 0 aromatic carbocycles. The number of hydrogen-bond acceptors (Lipinski definition) is 3. The first-order valence-electron chi connectivity index (χ1n) is 6.16. The van der Waals surface area contributed by atoms with E-state index in [4.69, 9.17) is 0 Å². The third-order valence-corrected chi connectivity index (χ3v) is 4.79. The summed E-state index contributed by atoms with van der Waals surface area (Å²) in [5.74, 6) is 0. The monoisotopic (exact) mass is 228 g/mol. The molecule has 1 atom stereocenters. The molecule has 0 aromatic rings. The Morgan fingerprint density at radius 3 is 2.33 bits per heavy atom. The fourth-order valence-corrected chi connectivity index (χ4v) is 3.52. The summed E-state index contributed by atoms with van der Waals surface area (Å²) in [5.41, 5.74) is 0.642. The topological polar surface area (TPSA) is 24.1 Å². The zero-order valence-corrected chi connectivity index (χ0v) is 11.0. The molecule has 15 heavy (non-hydrogen) atoms. The second-order valence-corrected chi connectivity index (χ2v) is 7.70. The summed E-state index contributed by atoms with van der Waals surface area (Å²) in [6.07, 6.45) is 5.56. The Hall–Kier alpha value is 0.270. The van der Waals surface area contributed by atoms with Gasteiger partial charge >= 0.3 is 0 Å². The summed E-state index contributed by atoms with van der Waals surface area (Å²) in [6.45, 7) is 9.27. The minimum Gasteiger partial charge on any atom is -0.317 e. The predicted octanol–water partition coefficient (Wildman–Crippen LogP) is 2.55. The lowest BCUT2D eigenvalue weighted by Crippen LogP contribution is -2.56. The smallest absolute Gasteiger partial charge is 0.0229 e. The minimum atomic E-state index is 0.337. The van der Waals surface area contributed by atoms with Crippen LogP contribution in [0.5, 0.6) is 0 Å². The van der Waals surface area contributed by atoms with Gasteiger partial charge in [0.05, 0.1) is 0 Å². The first-order valence-corrected chi connectivity index (χ1v) is 6.98. The van der Waals surface area contributed by atoms with Crippen LogP contribution in [0.2, 0.25) is 0 Å². The van der Waals surface area contributed by atoms with Crippen LogP contribution in [-0.2, 0) is 0 Å². The van der Waals surface area contributed by atoms with E-state index in [1.807, 2.05) is 11.9 Å². The van der Waals surface area contributed by atoms with Crippen LogP contribution in [0.1, 0.15) is 46.5 Å². The second kappa shape index (κ2) is 4.27. The molecule has 1 aliphatic heterocycles. The zero-order chi connectivity index (χ0) is 10.9. The summed E-state index contributed by atoms with van der Waals surface area (Å²) in [5, 5.41) is 3.47. The molecule has 2 rings (SSSR count). The van der Waals surface area contributed by atoms with Crippen molar-refractivity contribution in [3.05, 3.63) is 0 Å². The fraction of sp³-hybridized carbons (Fsp3) is 1.00. The fourth-order valence-electron chi connectivity index (χ4n) is 2.65. The van der Waals surface area contributed by atoms with Crippen molar-refractivity contribution in [2.24, 2.45) is 5.41 Å². The molecule has 1 heterocycles. The Morgan fingerprint density at radius 2 is 1.87 bits per heavy atom. The highest BCUT2D eigenvalue weighted by Gasteiger charge is 2.47. The van der Waals surface area contributed by atoms with Crippen molar-refractivity contribution in [3.8, 4) is 0 Å². The van der Waals surface area contributed by atoms with Gasteiger partial charge in [-0.05, 0) is 65.0 Å². The van der Waals surface area contributed by atoms with Crippen molar-refractivity contribution < 1.29 is 0 Å². The van der Waals surface area contributed by atoms with Gasteiger partial charge in [-0.2, -0.15) is 0 Å². The van der Waals surface area contributed by atoms with Gasteiger partial charge in [0.1, 0.15) is 0 Å². The maximum Gasteiger partial charge on any atom is 0.0229 e. The molecule has 2 aliphatic rings. The van der Waals surface area contributed by atoms with Gasteiger partial charge in [0.15, 0.2) is 0 Å². The normalized spacial score (nSPS) is 30.2. The number of piperidine rings is 1. The maximum absolute atomic E-state index is 3.71. The van der Waals surface area contributed by atoms with Crippen molar-refractivity contribution in [1.82, 2.24) is 10.0 Å². The van der Waals surface area contributed by atoms with E-state index in [2.05, 4.69) is 30.8 Å². The Labute approximate surface area is 98.1 Å². The highest BCUT2D eigenvalue weighted by atomic mass is 32.2. The van der Waals surface area contributed by atoms with Gasteiger partial charge in [0.25, 0.3) is 0 Å². The van der Waals surface area contributed by atoms with Crippen molar-refractivity contribution in [2.45, 2.75) is 57.2 Å². The second-order valence-electron chi connectivity index (χ2n) is 6.04. The lowest BCUT2D eigenvalue weighted by atomic mass is 9.60. The molecule has 0 radical (unpaired) electrons. The lowest BCUT2D eigenvalue weighted by molar-refractivity contribution is 0.0452. The molecular formula is C12H24N2S. The molecule has 0 aromatic heterocycles. The van der Waals surface area contributed by atoms with Gasteiger partial charge < -0.3 is 5.32 Å². The van der Waals surface area contributed by atoms with Crippen molar-refractivity contribution in [3.63, 3.8) is 0 Å². The van der Waals surface area contributed by atoms with Crippen LogP contribution < -0.4 is 10.0 Å². The van der Waals surface area contributed by atoms with Crippen molar-refractivity contribution in [2.75, 3.05) is 13.1 Å². The molecule has 88 valence electrons. The molecule has 3 heteroatoms. The summed E-state index contributed by atoms with van der Waals surface area (Å²) in [7, 11) is 0. The van der Waals surface area contributed by atoms with Crippen LogP contribution >= 0.6 is 11.9 Å². The first kappa shape index (κ1) is 11.7. The van der Waals surface area contributed by atoms with Crippen LogP contribution in [-0.4, -0.2) is 23.9 Å². The van der Waals surface area contributed by atoms with E-state index in [9.17, 15) is 0 Å². The Kier molecular flexibility index (Phi) is 3.34. The molecular weight excluding hydrogens is 204 g/mol. The Bertz CT molecular complexity index is 216. The van der Waals surface area contributed by atoms with E-state index in [1.54, 1.807) is 0 Å². The summed E-state index contributed by atoms with van der Waals surface area (Å²) >= 11 is 1.91. The average molecular weight is 228 g/mol. The van der Waals surface area contributed by atoms with Crippen LogP contribution in [0.25, 0.3) is 0 Å². The van der Waals surface area contributed by atoms with Gasteiger partial charge in [-0.25, -0.2) is 0 Å². The average Bonchev–Trinajstić information content (AvgIpc) is 2.16. The van der Waals surface area contributed by atoms with E-state index < -0.39 is 0 Å². The molecule has 2 N–H and O–H groups in total. The van der Waals surface area contributed by atoms with Gasteiger partial charge in [-0.1, -0.05) is 11.9 Å². The predicted molar refractivity (Wildman–Crippen MR) is 68.0 cm³/mol. The highest BCUT2D eigenvalue weighted by molar-refractivity contribution is 7.98. The van der Waals surface area contributed by atoms with Crippen molar-refractivity contribution in [1.29, 1.82) is 0 Å². The van der Waals surface area contributed by atoms with Crippen LogP contribution in [0.3, 0.4) is 0 Å². The standard InChI is InChI=1S/C12H24N2S/c1-11(2,3)15-14-10-4-5-12(10)6-8-13-9-7-12/h10,13-14H,4-9H2,1-3H3. The van der Waals surface area contributed by atoms with Gasteiger partial charge in [0.2, 0.25) is 0 Å². The number of rotatable bonds is 2. The zero-order valence-electron chi connectivity index (χ0n) is 10.2. The largest absolute Gasteiger partial charge is 0.317 e. The molecule has 1 saturated heterocycles. The SMILES string of the molecule is CC(C)(C)SNC1CCC12CCNCC2. The van der Waals surface area contributed by atoms with Gasteiger partial charge in [-0.15, -0.1) is 0 Å². The third kappa shape index (κ3) is 2.69. The van der Waals surface area contributed by atoms with Crippen molar-refractivity contribution >= 4 is 11.9 Å². The Morgan fingerprint density at radius 1 is 1.20 bits per heavy atom. The summed E-state index contributed by atoms with van der Waals surface area (Å²) in [4.78, 5) is 0. The van der Waals surface area contributed by atoms with Crippen LogP contribution in [0, 0.1) is 5.41 Å². The maximum atomic E-state index is 3.71. The van der Waals surface area contributed by atoms with E-state index in [-0.39, 0.29) is 0 Å².